The zero-order valence-corrected chi connectivity index (χ0v) is 11.7. The summed E-state index contributed by atoms with van der Waals surface area (Å²) in [4.78, 5) is 13.7. The molecule has 0 spiro atoms. The zero-order chi connectivity index (χ0) is 14.1. The van der Waals surface area contributed by atoms with Gasteiger partial charge in [-0.1, -0.05) is 0 Å². The van der Waals surface area contributed by atoms with Gasteiger partial charge in [-0.25, -0.2) is 4.39 Å². The van der Waals surface area contributed by atoms with E-state index in [9.17, 15) is 9.18 Å². The molecule has 5 heteroatoms. The Kier molecular flexibility index (Phi) is 3.61. The summed E-state index contributed by atoms with van der Waals surface area (Å²) in [6.45, 7) is 2.02. The fourth-order valence-corrected chi connectivity index (χ4v) is 3.01. The van der Waals surface area contributed by atoms with Crippen molar-refractivity contribution in [2.75, 3.05) is 30.8 Å². The second-order valence-electron chi connectivity index (χ2n) is 5.78. The van der Waals surface area contributed by atoms with Crippen LogP contribution in [0, 0.1) is 5.82 Å². The van der Waals surface area contributed by atoms with Gasteiger partial charge >= 0.3 is 0 Å². The summed E-state index contributed by atoms with van der Waals surface area (Å²) in [6.07, 6.45) is 3.22. The second-order valence-corrected chi connectivity index (χ2v) is 5.78. The summed E-state index contributed by atoms with van der Waals surface area (Å²) in [7, 11) is 2.08. The highest BCUT2D eigenvalue weighted by atomic mass is 19.1. The number of piperidine rings is 1. The molecular formula is C15H20FN3O. The smallest absolute Gasteiger partial charge is 0.224 e. The van der Waals surface area contributed by atoms with E-state index < -0.39 is 0 Å². The van der Waals surface area contributed by atoms with Crippen LogP contribution in [0.2, 0.25) is 0 Å². The number of hydrogen-bond donors (Lipinski definition) is 2. The standard InChI is InChI=1S/C15H20FN3O/c1-19-6-2-3-11(9-19)17-14-8-13-10(7-12(14)16)4-5-15(20)18-13/h7-8,11,17H,2-6,9H2,1H3,(H,18,20). The Morgan fingerprint density at radius 2 is 2.25 bits per heavy atom. The number of anilines is 2. The Morgan fingerprint density at radius 3 is 3.05 bits per heavy atom. The Balaban J connectivity index is 1.79. The van der Waals surface area contributed by atoms with Crippen LogP contribution in [0.25, 0.3) is 0 Å². The molecule has 1 amide bonds. The van der Waals surface area contributed by atoms with Gasteiger partial charge in [0.15, 0.2) is 0 Å². The molecule has 1 aromatic rings. The van der Waals surface area contributed by atoms with Crippen molar-refractivity contribution in [3.8, 4) is 0 Å². The Morgan fingerprint density at radius 1 is 1.40 bits per heavy atom. The Bertz CT molecular complexity index is 532. The first-order valence-corrected chi connectivity index (χ1v) is 7.19. The molecule has 2 N–H and O–H groups in total. The predicted octanol–water partition coefficient (Wildman–Crippen LogP) is 2.22. The normalized spacial score (nSPS) is 23.1. The Hall–Kier alpha value is -1.62. The highest BCUT2D eigenvalue weighted by Crippen LogP contribution is 2.29. The SMILES string of the molecule is CN1CCCC(Nc2cc3c(cc2F)CCC(=O)N3)C1. The molecule has 1 saturated heterocycles. The van der Waals surface area contributed by atoms with Crippen LogP contribution in [0.5, 0.6) is 0 Å². The van der Waals surface area contributed by atoms with Crippen LogP contribution in [0.15, 0.2) is 12.1 Å². The van der Waals surface area contributed by atoms with Crippen LogP contribution < -0.4 is 10.6 Å². The van der Waals surface area contributed by atoms with E-state index in [0.717, 1.165) is 37.2 Å². The molecular weight excluding hydrogens is 257 g/mol. The first kappa shape index (κ1) is 13.4. The van der Waals surface area contributed by atoms with Crippen molar-refractivity contribution in [2.24, 2.45) is 0 Å². The van der Waals surface area contributed by atoms with E-state index in [1.807, 2.05) is 0 Å². The van der Waals surface area contributed by atoms with E-state index in [2.05, 4.69) is 22.6 Å². The number of benzene rings is 1. The third-order valence-corrected chi connectivity index (χ3v) is 4.07. The Labute approximate surface area is 118 Å². The molecule has 1 fully saturated rings. The topological polar surface area (TPSA) is 44.4 Å². The molecule has 108 valence electrons. The van der Waals surface area contributed by atoms with Gasteiger partial charge in [0, 0.05) is 24.7 Å². The lowest BCUT2D eigenvalue weighted by Gasteiger charge is -2.31. The van der Waals surface area contributed by atoms with E-state index in [4.69, 9.17) is 0 Å². The number of likely N-dealkylation sites (tertiary alicyclic amines) is 1. The fourth-order valence-electron chi connectivity index (χ4n) is 3.01. The molecule has 1 atom stereocenters. The van der Waals surface area contributed by atoms with Crippen molar-refractivity contribution in [3.63, 3.8) is 0 Å². The number of nitrogens with zero attached hydrogens (tertiary/aromatic N) is 1. The van der Waals surface area contributed by atoms with Crippen LogP contribution in [0.3, 0.4) is 0 Å². The van der Waals surface area contributed by atoms with Gasteiger partial charge in [-0.15, -0.1) is 0 Å². The van der Waals surface area contributed by atoms with E-state index in [0.29, 0.717) is 18.5 Å². The van der Waals surface area contributed by atoms with Crippen LogP contribution in [0.1, 0.15) is 24.8 Å². The fraction of sp³-hybridized carbons (Fsp3) is 0.533. The molecule has 0 radical (unpaired) electrons. The molecule has 1 aromatic carbocycles. The van der Waals surface area contributed by atoms with Crippen molar-refractivity contribution in [3.05, 3.63) is 23.5 Å². The number of hydrogen-bond acceptors (Lipinski definition) is 3. The highest BCUT2D eigenvalue weighted by molar-refractivity contribution is 5.94. The molecule has 1 unspecified atom stereocenters. The summed E-state index contributed by atoms with van der Waals surface area (Å²) >= 11 is 0. The molecule has 0 saturated carbocycles. The van der Waals surface area contributed by atoms with Gasteiger partial charge in [0.1, 0.15) is 5.82 Å². The number of carbonyl (C=O) groups excluding carboxylic acids is 1. The third-order valence-electron chi connectivity index (χ3n) is 4.07. The summed E-state index contributed by atoms with van der Waals surface area (Å²) in [6, 6.07) is 3.54. The first-order valence-electron chi connectivity index (χ1n) is 7.19. The van der Waals surface area contributed by atoms with Crippen molar-refractivity contribution in [2.45, 2.75) is 31.7 Å². The van der Waals surface area contributed by atoms with Gasteiger partial charge < -0.3 is 15.5 Å². The third kappa shape index (κ3) is 2.77. The molecule has 4 nitrogen and oxygen atoms in total. The van der Waals surface area contributed by atoms with Gasteiger partial charge in [-0.2, -0.15) is 0 Å². The number of carbonyl (C=O) groups is 1. The molecule has 0 aliphatic carbocycles. The predicted molar refractivity (Wildman–Crippen MR) is 77.5 cm³/mol. The zero-order valence-electron chi connectivity index (χ0n) is 11.7. The summed E-state index contributed by atoms with van der Waals surface area (Å²) in [5, 5.41) is 6.09. The van der Waals surface area contributed by atoms with Crippen molar-refractivity contribution >= 4 is 17.3 Å². The highest BCUT2D eigenvalue weighted by Gasteiger charge is 2.21. The quantitative estimate of drug-likeness (QED) is 0.871. The number of likely N-dealkylation sites (N-methyl/N-ethyl adjacent to an activating group) is 1. The average Bonchev–Trinajstić information content (AvgIpc) is 2.40. The number of amides is 1. The van der Waals surface area contributed by atoms with Gasteiger partial charge in [0.05, 0.1) is 5.69 Å². The monoisotopic (exact) mass is 277 g/mol. The lowest BCUT2D eigenvalue weighted by Crippen LogP contribution is -2.39. The van der Waals surface area contributed by atoms with Crippen LogP contribution in [0.4, 0.5) is 15.8 Å². The minimum atomic E-state index is -0.229. The van der Waals surface area contributed by atoms with Gasteiger partial charge in [0.25, 0.3) is 0 Å². The molecule has 2 aliphatic heterocycles. The largest absolute Gasteiger partial charge is 0.379 e. The molecule has 0 bridgehead atoms. The number of nitrogens with one attached hydrogen (secondary N) is 2. The molecule has 3 rings (SSSR count). The van der Waals surface area contributed by atoms with Crippen LogP contribution in [-0.4, -0.2) is 37.0 Å². The van der Waals surface area contributed by atoms with E-state index in [1.54, 1.807) is 12.1 Å². The molecule has 0 aromatic heterocycles. The summed E-state index contributed by atoms with van der Waals surface area (Å²) in [5.74, 6) is -0.222. The molecule has 2 aliphatic rings. The number of halogens is 1. The maximum absolute atomic E-state index is 14.1. The minimum absolute atomic E-state index is 0.00691. The van der Waals surface area contributed by atoms with E-state index >= 15 is 0 Å². The lowest BCUT2D eigenvalue weighted by molar-refractivity contribution is -0.116. The van der Waals surface area contributed by atoms with Gasteiger partial charge in [0.2, 0.25) is 5.91 Å². The second kappa shape index (κ2) is 5.40. The lowest BCUT2D eigenvalue weighted by atomic mass is 10.0. The van der Waals surface area contributed by atoms with Crippen LogP contribution >= 0.6 is 0 Å². The maximum Gasteiger partial charge on any atom is 0.224 e. The van der Waals surface area contributed by atoms with E-state index in [1.165, 1.54) is 0 Å². The molecule has 20 heavy (non-hydrogen) atoms. The number of aryl methyl sites for hydroxylation is 1. The summed E-state index contributed by atoms with van der Waals surface area (Å²) in [5.41, 5.74) is 2.12. The van der Waals surface area contributed by atoms with Crippen molar-refractivity contribution in [1.29, 1.82) is 0 Å². The minimum Gasteiger partial charge on any atom is -0.379 e. The van der Waals surface area contributed by atoms with Gasteiger partial charge in [-0.05, 0) is 50.6 Å². The van der Waals surface area contributed by atoms with Gasteiger partial charge in [-0.3, -0.25) is 4.79 Å². The average molecular weight is 277 g/mol. The maximum atomic E-state index is 14.1. The van der Waals surface area contributed by atoms with Crippen LogP contribution in [-0.2, 0) is 11.2 Å². The van der Waals surface area contributed by atoms with E-state index in [-0.39, 0.29) is 17.8 Å². The number of fused-ring (bicyclic) bond motifs is 1. The number of rotatable bonds is 2. The van der Waals surface area contributed by atoms with Crippen molar-refractivity contribution in [1.82, 2.24) is 4.90 Å². The van der Waals surface area contributed by atoms with Crippen molar-refractivity contribution < 1.29 is 9.18 Å². The summed E-state index contributed by atoms with van der Waals surface area (Å²) < 4.78 is 14.1. The molecule has 2 heterocycles. The first-order chi connectivity index (χ1) is 9.61.